The van der Waals surface area contributed by atoms with Gasteiger partial charge in [0.1, 0.15) is 10.6 Å². The molecule has 0 radical (unpaired) electrons. The van der Waals surface area contributed by atoms with Crippen LogP contribution in [0.15, 0.2) is 213 Å². The van der Waals surface area contributed by atoms with Crippen LogP contribution in [0.5, 0.6) is 0 Å². The normalized spacial score (nSPS) is 17.9. The molecule has 9 aromatic rings. The van der Waals surface area contributed by atoms with Gasteiger partial charge in [-0.2, -0.15) is 32.6 Å². The van der Waals surface area contributed by atoms with E-state index in [0.29, 0.717) is 21.5 Å². The molecule has 11 heteroatoms. The second-order valence-electron chi connectivity index (χ2n) is 16.0. The summed E-state index contributed by atoms with van der Waals surface area (Å²) >= 11 is 0. The summed E-state index contributed by atoms with van der Waals surface area (Å²) in [5.74, 6) is -1.96. The van der Waals surface area contributed by atoms with Crippen molar-refractivity contribution in [3.05, 3.63) is 264 Å². The van der Waals surface area contributed by atoms with Crippen LogP contribution in [-0.4, -0.2) is 18.7 Å². The first-order valence-electron chi connectivity index (χ1n) is 21.2. The van der Waals surface area contributed by atoms with Gasteiger partial charge in [-0.15, -0.1) is 0 Å². The molecule has 2 aliphatic rings. The minimum atomic E-state index is -2.09. The quantitative estimate of drug-likeness (QED) is 0.0946. The molecular weight excluding hydrogens is 925 g/mol. The summed E-state index contributed by atoms with van der Waals surface area (Å²) < 4.78 is 6.98. The maximum Gasteiger partial charge on any atom is 2.00 e. The summed E-state index contributed by atoms with van der Waals surface area (Å²) in [6.07, 6.45) is 2.00. The van der Waals surface area contributed by atoms with Gasteiger partial charge in [-0.3, -0.25) is 19.2 Å². The number of hydrogen-bond donors (Lipinski definition) is 0. The van der Waals surface area contributed by atoms with Gasteiger partial charge in [0.15, 0.2) is 23.1 Å². The van der Waals surface area contributed by atoms with Crippen LogP contribution in [0, 0.1) is 6.42 Å². The molecule has 0 aliphatic carbocycles. The summed E-state index contributed by atoms with van der Waals surface area (Å²) in [7, 11) is -4.18. The molecule has 11 rings (SSSR count). The Kier molecular flexibility index (Phi) is 12.3. The molecule has 0 N–H and O–H groups in total. The van der Waals surface area contributed by atoms with Crippen molar-refractivity contribution in [1.29, 1.82) is 0 Å². The zero-order chi connectivity index (χ0) is 43.2. The molecule has 4 atom stereocenters. The second kappa shape index (κ2) is 18.2. The van der Waals surface area contributed by atoms with E-state index < -0.39 is 39.0 Å². The van der Waals surface area contributed by atoms with Crippen molar-refractivity contribution in [1.82, 2.24) is 18.7 Å². The van der Waals surface area contributed by atoms with Gasteiger partial charge in [0, 0.05) is 22.3 Å². The molecule has 0 saturated carbocycles. The van der Waals surface area contributed by atoms with E-state index >= 15 is 19.2 Å². The minimum Gasteiger partial charge on any atom is -0.335 e. The summed E-state index contributed by atoms with van der Waals surface area (Å²) in [6.45, 7) is 4.00. The smallest absolute Gasteiger partial charge is 0.335 e. The summed E-state index contributed by atoms with van der Waals surface area (Å²) in [4.78, 5) is 60.1. The van der Waals surface area contributed by atoms with Gasteiger partial charge in [-0.1, -0.05) is 158 Å². The Balaban J connectivity index is 0.00000126. The maximum atomic E-state index is 15.0. The molecule has 0 unspecified atom stereocenters. The van der Waals surface area contributed by atoms with Gasteiger partial charge in [0.2, 0.25) is 0 Å². The first-order chi connectivity index (χ1) is 30.9. The number of rotatable bonds is 6. The van der Waals surface area contributed by atoms with Crippen LogP contribution in [0.25, 0.3) is 21.5 Å². The van der Waals surface area contributed by atoms with E-state index in [4.69, 9.17) is 0 Å². The largest absolute Gasteiger partial charge is 2.00 e. The average Bonchev–Trinajstić information content (AvgIpc) is 3.90. The molecular formula is C53H45N4O4P2Pd+3. The van der Waals surface area contributed by atoms with Gasteiger partial charge >= 0.3 is 20.4 Å². The molecule has 318 valence electrons. The van der Waals surface area contributed by atoms with Gasteiger partial charge in [0.25, 0.3) is 22.2 Å². The number of nitrogens with zero attached hydrogens (tertiary/aromatic N) is 4. The molecule has 7 aromatic carbocycles. The molecule has 0 fully saturated rings. The van der Waals surface area contributed by atoms with Crippen LogP contribution >= 0.6 is 15.8 Å². The fraction of sp³-hybridized carbons (Fsp3) is 0.113. The van der Waals surface area contributed by atoms with E-state index in [-0.39, 0.29) is 42.7 Å². The van der Waals surface area contributed by atoms with Gasteiger partial charge in [-0.05, 0) is 36.4 Å². The molecule has 64 heavy (non-hydrogen) atoms. The van der Waals surface area contributed by atoms with Crippen LogP contribution < -0.4 is 32.8 Å². The van der Waals surface area contributed by atoms with Gasteiger partial charge in [-0.25, -0.2) is 0 Å². The maximum absolute atomic E-state index is 15.0. The fourth-order valence-electron chi connectivity index (χ4n) is 9.79. The van der Waals surface area contributed by atoms with E-state index in [1.54, 1.807) is 43.0 Å². The Morgan fingerprint density at radius 2 is 0.516 bits per heavy atom. The zero-order valence-corrected chi connectivity index (χ0v) is 38.7. The van der Waals surface area contributed by atoms with Gasteiger partial charge < -0.3 is 6.42 Å². The third-order valence-corrected chi connectivity index (χ3v) is 19.3. The fourth-order valence-corrected chi connectivity index (χ4v) is 18.0. The van der Waals surface area contributed by atoms with Crippen molar-refractivity contribution in [2.24, 2.45) is 0 Å². The van der Waals surface area contributed by atoms with E-state index in [1.165, 1.54) is 0 Å². The summed E-state index contributed by atoms with van der Waals surface area (Å²) in [6, 6.07) is 63.0. The van der Waals surface area contributed by atoms with E-state index in [0.717, 1.165) is 32.9 Å². The Morgan fingerprint density at radius 3 is 0.734 bits per heavy atom. The molecule has 4 heterocycles. The van der Waals surface area contributed by atoms with Crippen molar-refractivity contribution in [3.63, 3.8) is 0 Å². The first kappa shape index (κ1) is 43.2. The van der Waals surface area contributed by atoms with Crippen LogP contribution in [-0.2, 0) is 20.4 Å². The number of fused-ring (bicyclic) bond motifs is 4. The molecule has 0 saturated heterocycles. The predicted molar refractivity (Wildman–Crippen MR) is 261 cm³/mol. The average molecular weight is 970 g/mol. The number of aromatic nitrogens is 4. The van der Waals surface area contributed by atoms with Crippen LogP contribution in [0.2, 0.25) is 0 Å². The molecule has 0 bridgehead atoms. The van der Waals surface area contributed by atoms with Crippen molar-refractivity contribution in [2.45, 2.75) is 37.0 Å². The second-order valence-corrected chi connectivity index (χ2v) is 21.1. The Hall–Kier alpha value is -6.06. The molecule has 8 nitrogen and oxygen atoms in total. The van der Waals surface area contributed by atoms with Crippen molar-refractivity contribution in [3.8, 4) is 0 Å². The minimum absolute atomic E-state index is 0. The van der Waals surface area contributed by atoms with E-state index in [1.807, 2.05) is 117 Å². The molecule has 0 amide bonds. The zero-order valence-electron chi connectivity index (χ0n) is 35.1. The summed E-state index contributed by atoms with van der Waals surface area (Å²) in [5.41, 5.74) is 2.90. The standard InChI is InChI=1S/C50H36N4O4P2.C3H7.Pd/c55-43-37-27-13-14-28-38(37)44(56)52-48(34-21-7-2-8-22-34)59(47(51(43)52)33-19-5-1-6-20-33)41-31-17-18-32-42(41)60-49(35-23-9-3-10-24-35)53-45(57)39-29-15-16-30-40(39)46(58)54(53)50(60)36-25-11-4-12-26-36;1-3-2;/h1-32,47-50H;3H,1-2H3;/q;-1;+2/p+2/t47-,48-,49-,50-;;/m0../s1. The number of benzene rings is 7. The monoisotopic (exact) mass is 969 g/mol. The molecule has 2 aromatic heterocycles. The van der Waals surface area contributed by atoms with Crippen LogP contribution in [0.4, 0.5) is 0 Å². The molecule has 2 aliphatic heterocycles. The Morgan fingerprint density at radius 1 is 0.328 bits per heavy atom. The van der Waals surface area contributed by atoms with E-state index in [9.17, 15) is 0 Å². The van der Waals surface area contributed by atoms with Gasteiger partial charge in [0.05, 0.1) is 37.4 Å². The van der Waals surface area contributed by atoms with Crippen molar-refractivity contribution < 1.29 is 20.4 Å². The summed E-state index contributed by atoms with van der Waals surface area (Å²) in [5, 5.41) is 3.69. The van der Waals surface area contributed by atoms with E-state index in [2.05, 4.69) is 72.8 Å². The Bertz CT molecular complexity index is 2950. The van der Waals surface area contributed by atoms with Crippen LogP contribution in [0.1, 0.15) is 59.2 Å². The third-order valence-electron chi connectivity index (χ3n) is 12.2. The number of hydrogen-bond acceptors (Lipinski definition) is 4. The predicted octanol–water partition coefficient (Wildman–Crippen LogP) is 9.16. The Labute approximate surface area is 386 Å². The van der Waals surface area contributed by atoms with Crippen LogP contribution in [0.3, 0.4) is 0 Å². The van der Waals surface area contributed by atoms with Crippen molar-refractivity contribution in [2.75, 3.05) is 0 Å². The molecule has 0 spiro atoms. The van der Waals surface area contributed by atoms with Crippen molar-refractivity contribution >= 4 is 48.0 Å². The SMILES string of the molecule is C[CH-]C.O=c1c2ccccc2c(=O)n2n1[C@H](c1ccccc1)[PH+](c1ccccc1[PH+]1[C@@H](c3ccccc3)n3c(=O)c4ccccc4c(=O)n3[C@@H]1c1ccccc1)[C@H]2c1ccccc1.[Pd+2]. The first-order valence-corrected chi connectivity index (χ1v) is 24.5. The third kappa shape index (κ3) is 7.03. The topological polar surface area (TPSA) is 88.0 Å².